The Morgan fingerprint density at radius 3 is 1.40 bits per heavy atom. The molecule has 37 nitrogen and oxygen atoms in total. The van der Waals surface area contributed by atoms with Crippen LogP contribution in [-0.2, 0) is 48.1 Å². The molecule has 6 amide bonds. The third kappa shape index (κ3) is 26.0. The predicted octanol–water partition coefficient (Wildman–Crippen LogP) is 20.0. The molecule has 0 atom stereocenters. The molecule has 18 aromatic heterocycles. The number of imidazole rings is 7. The minimum Gasteiger partial charge on any atom is -0.396 e. The fourth-order valence-electron chi connectivity index (χ4n) is 15.4. The van der Waals surface area contributed by atoms with Gasteiger partial charge in [-0.1, -0.05) is 204 Å². The Kier molecular flexibility index (Phi) is 31.9. The Hall–Kier alpha value is -16.2. The number of nitrogens with one attached hydrogen (secondary N) is 5. The van der Waals surface area contributed by atoms with Crippen molar-refractivity contribution in [2.45, 2.75) is 255 Å². The fourth-order valence-corrected chi connectivity index (χ4v) is 15.4. The predicted molar refractivity (Wildman–Crippen MR) is 567 cm³/mol. The quantitative estimate of drug-likeness (QED) is 0.0648. The van der Waals surface area contributed by atoms with Crippen LogP contribution in [0.2, 0.25) is 0 Å². The van der Waals surface area contributed by atoms with Gasteiger partial charge in [0.2, 0.25) is 11.9 Å². The molecule has 0 radical (unpaired) electrons. The van der Waals surface area contributed by atoms with Crippen LogP contribution in [0.5, 0.6) is 0 Å². The molecule has 0 bridgehead atoms. The molecule has 1 aliphatic carbocycles. The lowest BCUT2D eigenvalue weighted by atomic mass is 9.89. The fraction of sp³-hybridized carbons (Fsp3) is 0.368. The Balaban J connectivity index is 0.000000145. The first-order valence-electron chi connectivity index (χ1n) is 47.5. The highest BCUT2D eigenvalue weighted by Crippen LogP contribution is 2.35. The van der Waals surface area contributed by atoms with Gasteiger partial charge in [-0.25, -0.2) is 68.9 Å². The molecule has 756 valence electrons. The van der Waals surface area contributed by atoms with E-state index >= 15 is 0 Å². The normalized spacial score (nSPS) is 12.4. The number of anilines is 7. The summed E-state index contributed by atoms with van der Waals surface area (Å²) in [5, 5.41) is 27.3. The minimum absolute atomic E-state index is 0.00916. The van der Waals surface area contributed by atoms with E-state index in [-0.39, 0.29) is 60.8 Å². The number of nitrogens with zero attached hydrogens (tertiary/aromatic N) is 24. The summed E-state index contributed by atoms with van der Waals surface area (Å²) in [6.07, 6.45) is 38.2. The summed E-state index contributed by atoms with van der Waals surface area (Å²) in [6, 6.07) is 31.1. The number of amides is 6. The van der Waals surface area contributed by atoms with Gasteiger partial charge < -0.3 is 61.8 Å². The molecule has 1 saturated carbocycles. The van der Waals surface area contributed by atoms with Crippen molar-refractivity contribution in [2.24, 2.45) is 17.2 Å². The van der Waals surface area contributed by atoms with Crippen LogP contribution in [0, 0.1) is 5.95 Å². The summed E-state index contributed by atoms with van der Waals surface area (Å²) in [6.45, 7) is 56.8. The first-order valence-corrected chi connectivity index (χ1v) is 47.5. The highest BCUT2D eigenvalue weighted by Gasteiger charge is 2.30. The van der Waals surface area contributed by atoms with Crippen molar-refractivity contribution in [3.8, 4) is 0 Å². The van der Waals surface area contributed by atoms with E-state index in [9.17, 15) is 23.6 Å². The van der Waals surface area contributed by atoms with Gasteiger partial charge in [-0.15, -0.1) is 0 Å². The Bertz CT molecular complexity index is 7500. The summed E-state index contributed by atoms with van der Waals surface area (Å²) in [4.78, 5) is 94.2. The smallest absolute Gasteiger partial charge is 0.319 e. The van der Waals surface area contributed by atoms with Crippen molar-refractivity contribution >= 4 is 115 Å². The zero-order valence-electron chi connectivity index (χ0n) is 87.4. The van der Waals surface area contributed by atoms with Gasteiger partial charge in [0.1, 0.15) is 23.5 Å². The number of fused-ring (bicyclic) bond motifs is 9. The number of pyridine rings is 4. The third-order valence-corrected chi connectivity index (χ3v) is 22.8. The van der Waals surface area contributed by atoms with Crippen LogP contribution in [0.25, 0.3) is 50.8 Å². The van der Waals surface area contributed by atoms with E-state index < -0.39 is 23.9 Å². The number of rotatable bonds is 9. The molecular formula is C106H136FN33O4. The topological polar surface area (TPSA) is 466 Å². The van der Waals surface area contributed by atoms with E-state index in [0.29, 0.717) is 51.8 Å². The van der Waals surface area contributed by atoms with Gasteiger partial charge in [0.05, 0.1) is 65.6 Å². The second-order valence-electron chi connectivity index (χ2n) is 43.4. The Morgan fingerprint density at radius 2 is 0.861 bits per heavy atom. The second kappa shape index (κ2) is 43.1. The van der Waals surface area contributed by atoms with Crippen LogP contribution in [0.1, 0.15) is 267 Å². The largest absolute Gasteiger partial charge is 0.396 e. The molecule has 18 heterocycles. The first kappa shape index (κ1) is 107. The maximum Gasteiger partial charge on any atom is 0.319 e. The number of hydrogen-bond acceptors (Lipinski definition) is 22. The molecule has 144 heavy (non-hydrogen) atoms. The lowest BCUT2D eigenvalue weighted by Gasteiger charge is -2.18. The average Bonchev–Trinajstić information content (AvgIpc) is 1.62. The van der Waals surface area contributed by atoms with Crippen molar-refractivity contribution in [2.75, 3.05) is 32.3 Å². The second-order valence-corrected chi connectivity index (χ2v) is 43.4. The van der Waals surface area contributed by atoms with E-state index in [2.05, 4.69) is 336 Å². The van der Waals surface area contributed by atoms with E-state index in [0.717, 1.165) is 79.2 Å². The van der Waals surface area contributed by atoms with Crippen molar-refractivity contribution in [3.05, 3.63) is 284 Å². The van der Waals surface area contributed by atoms with E-state index in [1.165, 1.54) is 60.1 Å². The lowest BCUT2D eigenvalue weighted by molar-refractivity contribution is -0.114. The zero-order chi connectivity index (χ0) is 105. The molecule has 0 spiro atoms. The monoisotopic (exact) mass is 1950 g/mol. The van der Waals surface area contributed by atoms with Crippen LogP contribution in [-0.4, -0.2) is 145 Å². The van der Waals surface area contributed by atoms with Crippen molar-refractivity contribution < 1.29 is 23.6 Å². The Labute approximate surface area is 837 Å². The molecule has 0 saturated heterocycles. The molecule has 20 rings (SSSR count). The molecule has 0 unspecified atom stereocenters. The first-order chi connectivity index (χ1) is 67.5. The number of nitrogen functional groups attached to an aromatic ring is 1. The maximum atomic E-state index is 13.2. The number of carbonyl (C=O) groups is 4. The van der Waals surface area contributed by atoms with E-state index in [1.54, 1.807) is 85.6 Å². The number of urea groups is 2. The van der Waals surface area contributed by atoms with Gasteiger partial charge in [-0.3, -0.25) is 28.7 Å². The van der Waals surface area contributed by atoms with Gasteiger partial charge in [-0.2, -0.15) is 28.7 Å². The van der Waals surface area contributed by atoms with Gasteiger partial charge >= 0.3 is 12.1 Å². The molecule has 0 aliphatic heterocycles. The van der Waals surface area contributed by atoms with Crippen LogP contribution in [0.4, 0.5) is 54.2 Å². The highest BCUT2D eigenvalue weighted by molar-refractivity contribution is 5.93. The van der Waals surface area contributed by atoms with Crippen molar-refractivity contribution in [1.29, 1.82) is 0 Å². The highest BCUT2D eigenvalue weighted by atomic mass is 19.1. The number of primary amides is 3. The number of halogens is 1. The van der Waals surface area contributed by atoms with Gasteiger partial charge in [0, 0.05) is 182 Å². The minimum atomic E-state index is -0.679. The molecular weight excluding hydrogens is 1820 g/mol. The van der Waals surface area contributed by atoms with Crippen LogP contribution < -0.4 is 49.5 Å². The van der Waals surface area contributed by atoms with Crippen LogP contribution >= 0.6 is 0 Å². The van der Waals surface area contributed by atoms with Crippen LogP contribution in [0.15, 0.2) is 221 Å². The molecule has 1 fully saturated rings. The molecule has 38 heteroatoms. The molecule has 19 aromatic rings. The van der Waals surface area contributed by atoms with E-state index in [4.69, 9.17) is 22.9 Å². The molecule has 1 aliphatic rings. The van der Waals surface area contributed by atoms with E-state index in [1.807, 2.05) is 97.9 Å². The Morgan fingerprint density at radius 1 is 0.382 bits per heavy atom. The SMILES string of the molecule is CC(=O)Nc1ccnc2c(C(C)(C)C)cnn12.CC(C)(C)c1cnc2c(F)nccn12.CC(C)(C)c1cnc2c(N)ccnn12.CC(C)(C)c1cnc2c(NC(N)=O)cccn12.CC(C)(C)c1cnc2c(NC3CC3)cccn12.CC(C)(C)c1cnc2c(Nc3ccccc3)cccn12.CC(C)(C)c1cnc2ccccn12.CC(C)(C)c1cnc2cncc(C(N)=O)n12.CC(C)c1cnn2c(NC(N)=O)ncnc12. The molecule has 1 aromatic carbocycles. The summed E-state index contributed by atoms with van der Waals surface area (Å²) in [5.41, 5.74) is 43.1. The number of aromatic nitrogens is 24. The number of carbonyl (C=O) groups excluding carboxylic acids is 4. The number of para-hydroxylation sites is 1. The third-order valence-electron chi connectivity index (χ3n) is 22.8. The number of hydrogen-bond donors (Lipinski definition) is 9. The molecule has 13 N–H and O–H groups in total. The summed E-state index contributed by atoms with van der Waals surface area (Å²) in [7, 11) is 0. The van der Waals surface area contributed by atoms with Gasteiger partial charge in [-0.05, 0) is 97.0 Å². The van der Waals surface area contributed by atoms with Crippen LogP contribution in [0.3, 0.4) is 0 Å². The lowest BCUT2D eigenvalue weighted by Crippen LogP contribution is -2.22. The summed E-state index contributed by atoms with van der Waals surface area (Å²) < 4.78 is 30.1. The van der Waals surface area contributed by atoms with Gasteiger partial charge in [0.15, 0.2) is 45.2 Å². The summed E-state index contributed by atoms with van der Waals surface area (Å²) >= 11 is 0. The van der Waals surface area contributed by atoms with Gasteiger partial charge in [0.25, 0.3) is 11.9 Å². The number of benzene rings is 1. The average molecular weight is 1960 g/mol. The number of nitrogens with two attached hydrogens (primary N) is 4. The van der Waals surface area contributed by atoms with Crippen molar-refractivity contribution in [1.82, 2.24) is 115 Å². The maximum absolute atomic E-state index is 13.2. The van der Waals surface area contributed by atoms with Crippen molar-refractivity contribution in [3.63, 3.8) is 0 Å². The standard InChI is InChI=1S/C17H19N3.C14H19N3.2C12H16N4O.C11H14N4O.C11H14N2.C10H12FN3.C10H14N4.C9H12N6O/c1-17(2,3)15-12-18-16-14(10-7-11-20(15)16)19-13-8-5-4-6-9-13;1-14(2,3)12-9-15-13-11(16-10-6-7-10)5-4-8-17(12)13;1-8(17)15-10-5-6-13-11-9(12(2,3)4)7-14-16(10)11;1-12(2,3)9-7-14-10-8(15-11(13)17)5-4-6-16(9)10;1-11(2,3)8-5-14-9-6-13-4-7(10(12)16)15(8)9;1-11(2,3)9-8-12-10-6-4-5-7-13(9)10;1-10(2,3)7-6-13-9-8(11)12-4-5-14(7)9;1-10(2,3)8-6-12-9-7(11)4-5-13-14(8)9;1-5(2)6-3-13-15-7(6)11-4-12-9(15)14-8(10)16/h4-12,19H,1-3H3;4-5,8-10,16H,6-7H2,1-3H3;5-7H,1-4H3,(H,15,17);4-7H,1-3H3,(H3,13,15,17);4-6H,1-3H3,(H2,12,16);4-8H,1-3H3;4-6H,1-3H3;4-6H,11H2,1-3H3;3-5H,1-2H3,(H3,10,11,12,14,16). The summed E-state index contributed by atoms with van der Waals surface area (Å²) in [5.74, 6) is 0.0612. The zero-order valence-corrected chi connectivity index (χ0v) is 87.4.